The molecular formula is C13H21FN2O3S. The lowest BCUT2D eigenvalue weighted by Gasteiger charge is -2.26. The highest BCUT2D eigenvalue weighted by Crippen LogP contribution is 2.13. The molecule has 0 radical (unpaired) electrons. The number of nitrogens with one attached hydrogen (secondary N) is 2. The third kappa shape index (κ3) is 6.42. The van der Waals surface area contributed by atoms with Gasteiger partial charge in [0.05, 0.1) is 12.4 Å². The number of benzene rings is 1. The maximum Gasteiger partial charge on any atom is 0.209 e. The van der Waals surface area contributed by atoms with Crippen LogP contribution < -0.4 is 10.0 Å². The van der Waals surface area contributed by atoms with Crippen molar-refractivity contribution in [1.82, 2.24) is 10.0 Å². The summed E-state index contributed by atoms with van der Waals surface area (Å²) >= 11 is 0. The molecule has 0 bridgehead atoms. The van der Waals surface area contributed by atoms with E-state index in [-0.39, 0.29) is 6.54 Å². The summed E-state index contributed by atoms with van der Waals surface area (Å²) in [6.45, 7) is 4.01. The molecule has 1 unspecified atom stereocenters. The summed E-state index contributed by atoms with van der Waals surface area (Å²) < 4.78 is 37.8. The quantitative estimate of drug-likeness (QED) is 0.695. The molecule has 0 aromatic heterocycles. The molecule has 0 heterocycles. The number of hydrogen-bond acceptors (Lipinski definition) is 4. The standard InChI is InChI=1S/C13H21FN2O3S/c1-13(2,16-20(3,18)19)9-15-8-12(17)10-5-4-6-11(14)7-10/h4-7,12,15-17H,8-9H2,1-3H3. The Kier molecular flexibility index (Phi) is 5.64. The molecule has 0 aliphatic rings. The van der Waals surface area contributed by atoms with Crippen molar-refractivity contribution in [3.8, 4) is 0 Å². The Bertz CT molecular complexity index is 546. The first kappa shape index (κ1) is 17.0. The van der Waals surface area contributed by atoms with Crippen LogP contribution in [0.25, 0.3) is 0 Å². The van der Waals surface area contributed by atoms with E-state index < -0.39 is 27.5 Å². The summed E-state index contributed by atoms with van der Waals surface area (Å²) in [5.41, 5.74) is -0.193. The van der Waals surface area contributed by atoms with Gasteiger partial charge in [-0.1, -0.05) is 12.1 Å². The molecule has 20 heavy (non-hydrogen) atoms. The summed E-state index contributed by atoms with van der Waals surface area (Å²) in [6.07, 6.45) is 0.246. The Balaban J connectivity index is 2.48. The van der Waals surface area contributed by atoms with Crippen molar-refractivity contribution in [3.05, 3.63) is 35.6 Å². The van der Waals surface area contributed by atoms with Gasteiger partial charge in [-0.2, -0.15) is 0 Å². The van der Waals surface area contributed by atoms with Crippen LogP contribution >= 0.6 is 0 Å². The van der Waals surface area contributed by atoms with Gasteiger partial charge in [0.25, 0.3) is 0 Å². The van der Waals surface area contributed by atoms with E-state index in [4.69, 9.17) is 0 Å². The van der Waals surface area contributed by atoms with Crippen LogP contribution in [0.5, 0.6) is 0 Å². The number of hydrogen-bond donors (Lipinski definition) is 3. The minimum absolute atomic E-state index is 0.207. The van der Waals surface area contributed by atoms with Crippen molar-refractivity contribution < 1.29 is 17.9 Å². The zero-order chi connectivity index (χ0) is 15.4. The lowest BCUT2D eigenvalue weighted by atomic mass is 10.1. The van der Waals surface area contributed by atoms with Gasteiger partial charge in [0, 0.05) is 18.6 Å². The molecule has 7 heteroatoms. The highest BCUT2D eigenvalue weighted by Gasteiger charge is 2.22. The summed E-state index contributed by atoms with van der Waals surface area (Å²) in [5.74, 6) is -0.402. The molecule has 5 nitrogen and oxygen atoms in total. The van der Waals surface area contributed by atoms with E-state index in [1.165, 1.54) is 18.2 Å². The van der Waals surface area contributed by atoms with Crippen LogP contribution in [0.1, 0.15) is 25.5 Å². The zero-order valence-corrected chi connectivity index (χ0v) is 12.7. The predicted octanol–water partition coefficient (Wildman–Crippen LogP) is 0.777. The number of aliphatic hydroxyl groups is 1. The number of sulfonamides is 1. The van der Waals surface area contributed by atoms with Crippen LogP contribution in [-0.2, 0) is 10.0 Å². The summed E-state index contributed by atoms with van der Waals surface area (Å²) in [5, 5.41) is 12.9. The van der Waals surface area contributed by atoms with Gasteiger partial charge in [-0.05, 0) is 31.5 Å². The molecule has 0 aliphatic carbocycles. The van der Waals surface area contributed by atoms with Crippen molar-refractivity contribution in [1.29, 1.82) is 0 Å². The lowest BCUT2D eigenvalue weighted by Crippen LogP contribution is -2.50. The Morgan fingerprint density at radius 1 is 1.40 bits per heavy atom. The van der Waals surface area contributed by atoms with E-state index in [0.717, 1.165) is 6.26 Å². The fourth-order valence-corrected chi connectivity index (χ4v) is 2.97. The maximum atomic E-state index is 13.0. The van der Waals surface area contributed by atoms with E-state index in [2.05, 4.69) is 10.0 Å². The molecule has 0 amide bonds. The fraction of sp³-hybridized carbons (Fsp3) is 0.538. The average Bonchev–Trinajstić information content (AvgIpc) is 2.25. The minimum atomic E-state index is -3.29. The average molecular weight is 304 g/mol. The fourth-order valence-electron chi connectivity index (χ4n) is 1.89. The monoisotopic (exact) mass is 304 g/mol. The molecule has 0 saturated carbocycles. The summed E-state index contributed by atoms with van der Waals surface area (Å²) in [7, 11) is -3.29. The first-order valence-corrected chi connectivity index (χ1v) is 8.11. The predicted molar refractivity (Wildman–Crippen MR) is 76.3 cm³/mol. The zero-order valence-electron chi connectivity index (χ0n) is 11.9. The largest absolute Gasteiger partial charge is 0.387 e. The maximum absolute atomic E-state index is 13.0. The first-order valence-electron chi connectivity index (χ1n) is 6.22. The molecule has 0 saturated heterocycles. The second-order valence-corrected chi connectivity index (χ2v) is 7.21. The molecule has 1 atom stereocenters. The van der Waals surface area contributed by atoms with Crippen molar-refractivity contribution in [2.75, 3.05) is 19.3 Å². The second-order valence-electron chi connectivity index (χ2n) is 5.46. The molecule has 0 aliphatic heterocycles. The highest BCUT2D eigenvalue weighted by atomic mass is 32.2. The smallest absolute Gasteiger partial charge is 0.209 e. The van der Waals surface area contributed by atoms with Crippen molar-refractivity contribution in [3.63, 3.8) is 0 Å². The van der Waals surface area contributed by atoms with Crippen molar-refractivity contribution in [2.45, 2.75) is 25.5 Å². The third-order valence-electron chi connectivity index (χ3n) is 2.60. The number of halogens is 1. The van der Waals surface area contributed by atoms with E-state index >= 15 is 0 Å². The molecule has 1 aromatic carbocycles. The van der Waals surface area contributed by atoms with Gasteiger partial charge in [0.15, 0.2) is 0 Å². The van der Waals surface area contributed by atoms with E-state index in [9.17, 15) is 17.9 Å². The highest BCUT2D eigenvalue weighted by molar-refractivity contribution is 7.88. The van der Waals surface area contributed by atoms with E-state index in [1.54, 1.807) is 19.9 Å². The van der Waals surface area contributed by atoms with Gasteiger partial charge in [-0.25, -0.2) is 17.5 Å². The van der Waals surface area contributed by atoms with Crippen LogP contribution in [0, 0.1) is 5.82 Å². The Morgan fingerprint density at radius 3 is 2.60 bits per heavy atom. The van der Waals surface area contributed by atoms with E-state index in [0.29, 0.717) is 12.1 Å². The summed E-state index contributed by atoms with van der Waals surface area (Å²) in [6, 6.07) is 5.74. The van der Waals surface area contributed by atoms with Gasteiger partial charge < -0.3 is 10.4 Å². The molecule has 1 rings (SSSR count). The van der Waals surface area contributed by atoms with Crippen LogP contribution in [0.3, 0.4) is 0 Å². The third-order valence-corrected chi connectivity index (χ3v) is 3.52. The van der Waals surface area contributed by atoms with Gasteiger partial charge >= 0.3 is 0 Å². The van der Waals surface area contributed by atoms with Gasteiger partial charge in [0.1, 0.15) is 5.82 Å². The normalized spacial score (nSPS) is 14.2. The van der Waals surface area contributed by atoms with Crippen LogP contribution in [0.2, 0.25) is 0 Å². The molecule has 0 fully saturated rings. The van der Waals surface area contributed by atoms with Crippen LogP contribution in [-0.4, -0.2) is 38.4 Å². The molecule has 0 spiro atoms. The first-order chi connectivity index (χ1) is 9.09. The van der Waals surface area contributed by atoms with Crippen LogP contribution in [0.4, 0.5) is 4.39 Å². The van der Waals surface area contributed by atoms with Gasteiger partial charge in [0.2, 0.25) is 10.0 Å². The van der Waals surface area contributed by atoms with Gasteiger partial charge in [-0.15, -0.1) is 0 Å². The van der Waals surface area contributed by atoms with Crippen LogP contribution in [0.15, 0.2) is 24.3 Å². The van der Waals surface area contributed by atoms with E-state index in [1.807, 2.05) is 0 Å². The topological polar surface area (TPSA) is 78.4 Å². The molecule has 1 aromatic rings. The Hall–Kier alpha value is -1.02. The molecule has 114 valence electrons. The van der Waals surface area contributed by atoms with Crippen molar-refractivity contribution >= 4 is 10.0 Å². The Morgan fingerprint density at radius 2 is 2.05 bits per heavy atom. The number of aliphatic hydroxyl groups excluding tert-OH is 1. The Labute approximate surface area is 119 Å². The lowest BCUT2D eigenvalue weighted by molar-refractivity contribution is 0.171. The van der Waals surface area contributed by atoms with Gasteiger partial charge in [-0.3, -0.25) is 0 Å². The SMILES string of the molecule is CC(C)(CNCC(O)c1cccc(F)c1)NS(C)(=O)=O. The summed E-state index contributed by atoms with van der Waals surface area (Å²) in [4.78, 5) is 0. The molecular weight excluding hydrogens is 283 g/mol. The molecule has 3 N–H and O–H groups in total. The second kappa shape index (κ2) is 6.62. The number of rotatable bonds is 7. The minimum Gasteiger partial charge on any atom is -0.387 e. The van der Waals surface area contributed by atoms with Crippen molar-refractivity contribution in [2.24, 2.45) is 0 Å².